The SMILES string of the molecule is C=CCCCC#CC(=O)N1C(=O)OC[C@@H]1CSC. The number of amides is 2. The van der Waals surface area contributed by atoms with E-state index < -0.39 is 12.0 Å². The van der Waals surface area contributed by atoms with Gasteiger partial charge in [-0.1, -0.05) is 12.0 Å². The van der Waals surface area contributed by atoms with Gasteiger partial charge in [-0.3, -0.25) is 4.79 Å². The Morgan fingerprint density at radius 2 is 2.50 bits per heavy atom. The number of hydrogen-bond donors (Lipinski definition) is 0. The molecule has 1 heterocycles. The van der Waals surface area contributed by atoms with Crippen LogP contribution < -0.4 is 0 Å². The van der Waals surface area contributed by atoms with Crippen molar-refractivity contribution in [3.63, 3.8) is 0 Å². The van der Waals surface area contributed by atoms with Crippen LogP contribution in [-0.4, -0.2) is 41.6 Å². The standard InChI is InChI=1S/C13H17NO3S/c1-3-4-5-6-7-8-12(15)14-11(10-18-2)9-17-13(14)16/h3,11H,1,4-6,9-10H2,2H3/t11-/m1/s1. The average Bonchev–Trinajstić information content (AvgIpc) is 2.71. The molecule has 1 saturated heterocycles. The third-order valence-electron chi connectivity index (χ3n) is 2.44. The van der Waals surface area contributed by atoms with Crippen LogP contribution in [0.5, 0.6) is 0 Å². The Kier molecular flexibility index (Phi) is 6.37. The van der Waals surface area contributed by atoms with E-state index in [1.54, 1.807) is 11.8 Å². The van der Waals surface area contributed by atoms with Gasteiger partial charge in [-0.2, -0.15) is 11.8 Å². The lowest BCUT2D eigenvalue weighted by Gasteiger charge is -2.15. The molecule has 2 amide bonds. The van der Waals surface area contributed by atoms with E-state index in [1.165, 1.54) is 0 Å². The van der Waals surface area contributed by atoms with Crippen LogP contribution in [0.2, 0.25) is 0 Å². The Balaban J connectivity index is 2.52. The number of unbranched alkanes of at least 4 members (excludes halogenated alkanes) is 2. The molecule has 0 aromatic heterocycles. The highest BCUT2D eigenvalue weighted by molar-refractivity contribution is 7.98. The predicted octanol–water partition coefficient (Wildman–Crippen LogP) is 2.06. The second-order valence-electron chi connectivity index (χ2n) is 3.84. The van der Waals surface area contributed by atoms with Gasteiger partial charge < -0.3 is 4.74 Å². The summed E-state index contributed by atoms with van der Waals surface area (Å²) in [6, 6.07) is -0.192. The van der Waals surface area contributed by atoms with Crippen LogP contribution in [0.4, 0.5) is 4.79 Å². The van der Waals surface area contributed by atoms with Crippen molar-refractivity contribution in [3.05, 3.63) is 12.7 Å². The van der Waals surface area contributed by atoms with E-state index in [0.29, 0.717) is 12.2 Å². The number of imide groups is 1. The van der Waals surface area contributed by atoms with Crippen molar-refractivity contribution in [2.24, 2.45) is 0 Å². The quantitative estimate of drug-likeness (QED) is 0.434. The lowest BCUT2D eigenvalue weighted by atomic mass is 10.2. The lowest BCUT2D eigenvalue weighted by molar-refractivity contribution is -0.122. The molecule has 0 unspecified atom stereocenters. The molecule has 0 radical (unpaired) electrons. The molecule has 5 heteroatoms. The highest BCUT2D eigenvalue weighted by Gasteiger charge is 2.36. The molecular weight excluding hydrogens is 250 g/mol. The number of allylic oxidation sites excluding steroid dienone is 1. The molecule has 1 aliphatic rings. The molecule has 1 rings (SSSR count). The number of rotatable bonds is 5. The molecule has 0 N–H and O–H groups in total. The first-order valence-electron chi connectivity index (χ1n) is 5.79. The monoisotopic (exact) mass is 267 g/mol. The van der Waals surface area contributed by atoms with E-state index in [9.17, 15) is 9.59 Å². The number of cyclic esters (lactones) is 1. The van der Waals surface area contributed by atoms with Gasteiger partial charge in [-0.05, 0) is 25.0 Å². The van der Waals surface area contributed by atoms with Crippen LogP contribution in [-0.2, 0) is 9.53 Å². The minimum atomic E-state index is -0.584. The van der Waals surface area contributed by atoms with E-state index in [-0.39, 0.29) is 12.6 Å². The van der Waals surface area contributed by atoms with Gasteiger partial charge in [0.25, 0.3) is 0 Å². The fourth-order valence-corrected chi connectivity index (χ4v) is 2.19. The smallest absolute Gasteiger partial charge is 0.417 e. The summed E-state index contributed by atoms with van der Waals surface area (Å²) in [7, 11) is 0. The maximum absolute atomic E-state index is 11.8. The van der Waals surface area contributed by atoms with E-state index in [2.05, 4.69) is 18.4 Å². The highest BCUT2D eigenvalue weighted by Crippen LogP contribution is 2.15. The zero-order valence-electron chi connectivity index (χ0n) is 10.5. The summed E-state index contributed by atoms with van der Waals surface area (Å²) in [5.41, 5.74) is 0. The molecule has 1 fully saturated rings. The normalized spacial score (nSPS) is 17.9. The van der Waals surface area contributed by atoms with E-state index in [4.69, 9.17) is 4.74 Å². The van der Waals surface area contributed by atoms with Crippen LogP contribution in [0.15, 0.2) is 12.7 Å². The Morgan fingerprint density at radius 3 is 3.17 bits per heavy atom. The number of carbonyl (C=O) groups is 2. The molecule has 0 aliphatic carbocycles. The number of ether oxygens (including phenoxy) is 1. The first-order valence-corrected chi connectivity index (χ1v) is 7.18. The molecule has 1 aliphatic heterocycles. The van der Waals surface area contributed by atoms with Gasteiger partial charge in [0.1, 0.15) is 6.61 Å². The summed E-state index contributed by atoms with van der Waals surface area (Å²) in [5.74, 6) is 5.48. The summed E-state index contributed by atoms with van der Waals surface area (Å²) < 4.78 is 4.87. The van der Waals surface area contributed by atoms with Gasteiger partial charge in [0.2, 0.25) is 0 Å². The summed E-state index contributed by atoms with van der Waals surface area (Å²) in [5, 5.41) is 0. The van der Waals surface area contributed by atoms with Crippen molar-refractivity contribution in [3.8, 4) is 11.8 Å². The van der Waals surface area contributed by atoms with Crippen LogP contribution >= 0.6 is 11.8 Å². The zero-order chi connectivity index (χ0) is 13.4. The number of carbonyl (C=O) groups excluding carboxylic acids is 2. The third kappa shape index (κ3) is 4.11. The van der Waals surface area contributed by atoms with Crippen molar-refractivity contribution >= 4 is 23.8 Å². The van der Waals surface area contributed by atoms with Gasteiger partial charge >= 0.3 is 12.0 Å². The molecular formula is C13H17NO3S. The fourth-order valence-electron chi connectivity index (χ4n) is 1.56. The van der Waals surface area contributed by atoms with Crippen LogP contribution in [0.1, 0.15) is 19.3 Å². The third-order valence-corrected chi connectivity index (χ3v) is 3.16. The van der Waals surface area contributed by atoms with Gasteiger partial charge in [0.15, 0.2) is 0 Å². The summed E-state index contributed by atoms with van der Waals surface area (Å²) in [6.07, 6.45) is 5.54. The van der Waals surface area contributed by atoms with Gasteiger partial charge in [0, 0.05) is 12.2 Å². The van der Waals surface area contributed by atoms with Gasteiger partial charge in [-0.15, -0.1) is 6.58 Å². The second kappa shape index (κ2) is 7.83. The lowest BCUT2D eigenvalue weighted by Crippen LogP contribution is -2.39. The molecule has 0 saturated carbocycles. The Hall–Kier alpha value is -1.41. The molecule has 4 nitrogen and oxygen atoms in total. The Morgan fingerprint density at radius 1 is 1.72 bits per heavy atom. The highest BCUT2D eigenvalue weighted by atomic mass is 32.2. The maximum Gasteiger partial charge on any atom is 0.417 e. The average molecular weight is 267 g/mol. The number of nitrogens with zero attached hydrogens (tertiary/aromatic N) is 1. The molecule has 0 spiro atoms. The molecule has 0 aromatic carbocycles. The van der Waals surface area contributed by atoms with Crippen molar-refractivity contribution in [1.82, 2.24) is 4.90 Å². The number of thioether (sulfide) groups is 1. The summed E-state index contributed by atoms with van der Waals surface area (Å²) >= 11 is 1.57. The van der Waals surface area contributed by atoms with Crippen molar-refractivity contribution in [1.29, 1.82) is 0 Å². The molecule has 0 aromatic rings. The Bertz CT molecular complexity index is 383. The molecule has 18 heavy (non-hydrogen) atoms. The fraction of sp³-hybridized carbons (Fsp3) is 0.538. The summed E-state index contributed by atoms with van der Waals surface area (Å²) in [6.45, 7) is 3.88. The number of hydrogen-bond acceptors (Lipinski definition) is 4. The van der Waals surface area contributed by atoms with E-state index >= 15 is 0 Å². The zero-order valence-corrected chi connectivity index (χ0v) is 11.3. The first kappa shape index (κ1) is 14.7. The first-order chi connectivity index (χ1) is 8.70. The minimum absolute atomic E-state index is 0.192. The molecule has 0 bridgehead atoms. The van der Waals surface area contributed by atoms with Crippen molar-refractivity contribution in [2.75, 3.05) is 18.6 Å². The Labute approximate surface area is 112 Å². The van der Waals surface area contributed by atoms with Crippen LogP contribution in [0, 0.1) is 11.8 Å². The van der Waals surface area contributed by atoms with Gasteiger partial charge in [0.05, 0.1) is 6.04 Å². The topological polar surface area (TPSA) is 46.6 Å². The second-order valence-corrected chi connectivity index (χ2v) is 4.75. The van der Waals surface area contributed by atoms with Crippen molar-refractivity contribution in [2.45, 2.75) is 25.3 Å². The maximum atomic E-state index is 11.8. The largest absolute Gasteiger partial charge is 0.447 e. The minimum Gasteiger partial charge on any atom is -0.447 e. The predicted molar refractivity (Wildman–Crippen MR) is 72.2 cm³/mol. The van der Waals surface area contributed by atoms with E-state index in [0.717, 1.165) is 17.7 Å². The van der Waals surface area contributed by atoms with Crippen molar-refractivity contribution < 1.29 is 14.3 Å². The van der Waals surface area contributed by atoms with E-state index in [1.807, 2.05) is 12.3 Å². The molecule has 1 atom stereocenters. The van der Waals surface area contributed by atoms with Crippen LogP contribution in [0.25, 0.3) is 0 Å². The molecule has 98 valence electrons. The van der Waals surface area contributed by atoms with Crippen LogP contribution in [0.3, 0.4) is 0 Å². The van der Waals surface area contributed by atoms with Gasteiger partial charge in [-0.25, -0.2) is 9.69 Å². The summed E-state index contributed by atoms with van der Waals surface area (Å²) in [4.78, 5) is 24.3.